The molecule has 0 atom stereocenters. The molecule has 3 heterocycles. The summed E-state index contributed by atoms with van der Waals surface area (Å²) < 4.78 is 3.94. The number of piperazine rings is 1. The van der Waals surface area contributed by atoms with Crippen molar-refractivity contribution in [3.63, 3.8) is 0 Å². The van der Waals surface area contributed by atoms with Crippen LogP contribution in [0.3, 0.4) is 0 Å². The van der Waals surface area contributed by atoms with Gasteiger partial charge in [0.15, 0.2) is 0 Å². The number of carbonyl (C=O) groups is 2. The number of hydrogen-bond donors (Lipinski definition) is 0. The molecule has 2 amide bonds. The lowest BCUT2D eigenvalue weighted by atomic mass is 10.1. The SMILES string of the molecule is Cn1ccc(CC(=O)N2CCN(C(=O)c3cn(C)c4ccccc34)CC2)c1. The van der Waals surface area contributed by atoms with E-state index in [1.54, 1.807) is 0 Å². The van der Waals surface area contributed by atoms with Gasteiger partial charge in [-0.3, -0.25) is 9.59 Å². The number of aromatic nitrogens is 2. The molecule has 0 N–H and O–H groups in total. The van der Waals surface area contributed by atoms with Gasteiger partial charge in [0.05, 0.1) is 12.0 Å². The fourth-order valence-corrected chi connectivity index (χ4v) is 3.79. The van der Waals surface area contributed by atoms with Crippen LogP contribution < -0.4 is 0 Å². The number of nitrogens with zero attached hydrogens (tertiary/aromatic N) is 4. The molecule has 27 heavy (non-hydrogen) atoms. The summed E-state index contributed by atoms with van der Waals surface area (Å²) in [5.41, 5.74) is 2.81. The molecule has 140 valence electrons. The maximum absolute atomic E-state index is 13.0. The predicted octanol–water partition coefficient (Wildman–Crippen LogP) is 2.04. The molecule has 1 fully saturated rings. The number of benzene rings is 1. The standard InChI is InChI=1S/C21H24N4O2/c1-22-8-7-16(14-22)13-20(26)24-9-11-25(12-10-24)21(27)18-15-23(2)19-6-4-3-5-17(18)19/h3-8,14-15H,9-13H2,1-2H3. The van der Waals surface area contributed by atoms with Crippen LogP contribution in [0.5, 0.6) is 0 Å². The zero-order valence-electron chi connectivity index (χ0n) is 15.8. The number of hydrogen-bond acceptors (Lipinski definition) is 2. The number of fused-ring (bicyclic) bond motifs is 1. The van der Waals surface area contributed by atoms with Crippen molar-refractivity contribution in [1.82, 2.24) is 18.9 Å². The highest BCUT2D eigenvalue weighted by atomic mass is 16.2. The molecule has 0 radical (unpaired) electrons. The van der Waals surface area contributed by atoms with E-state index in [2.05, 4.69) is 0 Å². The van der Waals surface area contributed by atoms with Crippen LogP contribution in [-0.2, 0) is 25.3 Å². The molecule has 6 heteroatoms. The first-order valence-electron chi connectivity index (χ1n) is 9.25. The van der Waals surface area contributed by atoms with Crippen molar-refractivity contribution in [2.24, 2.45) is 14.1 Å². The largest absolute Gasteiger partial charge is 0.357 e. The Hall–Kier alpha value is -3.02. The maximum Gasteiger partial charge on any atom is 0.256 e. The van der Waals surface area contributed by atoms with Gasteiger partial charge in [-0.15, -0.1) is 0 Å². The number of rotatable bonds is 3. The Morgan fingerprint density at radius 2 is 1.63 bits per heavy atom. The van der Waals surface area contributed by atoms with Crippen LogP contribution in [-0.4, -0.2) is 56.9 Å². The molecule has 0 spiro atoms. The lowest BCUT2D eigenvalue weighted by molar-refractivity contribution is -0.131. The van der Waals surface area contributed by atoms with Crippen molar-refractivity contribution in [1.29, 1.82) is 0 Å². The average molecular weight is 364 g/mol. The predicted molar refractivity (Wildman–Crippen MR) is 105 cm³/mol. The van der Waals surface area contributed by atoms with E-state index in [-0.39, 0.29) is 11.8 Å². The third kappa shape index (κ3) is 3.35. The highest BCUT2D eigenvalue weighted by molar-refractivity contribution is 6.07. The van der Waals surface area contributed by atoms with Gasteiger partial charge in [0.1, 0.15) is 0 Å². The van der Waals surface area contributed by atoms with E-state index < -0.39 is 0 Å². The lowest BCUT2D eigenvalue weighted by Crippen LogP contribution is -2.51. The van der Waals surface area contributed by atoms with Gasteiger partial charge in [0, 0.05) is 69.8 Å². The summed E-state index contributed by atoms with van der Waals surface area (Å²) in [4.78, 5) is 29.2. The number of para-hydroxylation sites is 1. The van der Waals surface area contributed by atoms with E-state index in [9.17, 15) is 9.59 Å². The zero-order valence-corrected chi connectivity index (χ0v) is 15.8. The molecule has 2 aromatic heterocycles. The van der Waals surface area contributed by atoms with Crippen molar-refractivity contribution in [2.45, 2.75) is 6.42 Å². The zero-order chi connectivity index (χ0) is 19.0. The summed E-state index contributed by atoms with van der Waals surface area (Å²) in [6.45, 7) is 2.31. The molecule has 0 saturated carbocycles. The summed E-state index contributed by atoms with van der Waals surface area (Å²) in [6, 6.07) is 9.92. The minimum Gasteiger partial charge on any atom is -0.357 e. The molecule has 4 rings (SSSR count). The van der Waals surface area contributed by atoms with Crippen LogP contribution in [0.2, 0.25) is 0 Å². The first-order valence-corrected chi connectivity index (χ1v) is 9.25. The second-order valence-corrected chi connectivity index (χ2v) is 7.21. The van der Waals surface area contributed by atoms with Crippen molar-refractivity contribution >= 4 is 22.7 Å². The molecule has 3 aromatic rings. The van der Waals surface area contributed by atoms with Gasteiger partial charge in [0.25, 0.3) is 5.91 Å². The minimum atomic E-state index is 0.0435. The van der Waals surface area contributed by atoms with Gasteiger partial charge in [-0.05, 0) is 17.7 Å². The van der Waals surface area contributed by atoms with Crippen LogP contribution in [0, 0.1) is 0 Å². The quantitative estimate of drug-likeness (QED) is 0.714. The third-order valence-electron chi connectivity index (χ3n) is 5.30. The van der Waals surface area contributed by atoms with Gasteiger partial charge in [-0.25, -0.2) is 0 Å². The average Bonchev–Trinajstić information content (AvgIpc) is 3.24. The Morgan fingerprint density at radius 1 is 0.926 bits per heavy atom. The summed E-state index contributed by atoms with van der Waals surface area (Å²) in [5, 5.41) is 0.979. The van der Waals surface area contributed by atoms with Gasteiger partial charge in [-0.1, -0.05) is 18.2 Å². The summed E-state index contributed by atoms with van der Waals surface area (Å²) in [6.07, 6.45) is 6.24. The van der Waals surface area contributed by atoms with E-state index in [4.69, 9.17) is 0 Å². The minimum absolute atomic E-state index is 0.0435. The fourth-order valence-electron chi connectivity index (χ4n) is 3.79. The first kappa shape index (κ1) is 17.4. The second-order valence-electron chi connectivity index (χ2n) is 7.21. The summed E-state index contributed by atoms with van der Waals surface area (Å²) in [7, 11) is 3.91. The Kier molecular flexibility index (Phi) is 4.48. The Morgan fingerprint density at radius 3 is 2.33 bits per heavy atom. The topological polar surface area (TPSA) is 50.5 Å². The molecule has 0 unspecified atom stereocenters. The molecule has 0 bridgehead atoms. The molecule has 1 aliphatic rings. The molecule has 6 nitrogen and oxygen atoms in total. The van der Waals surface area contributed by atoms with Crippen LogP contribution >= 0.6 is 0 Å². The van der Waals surface area contributed by atoms with Crippen LogP contribution in [0.4, 0.5) is 0 Å². The van der Waals surface area contributed by atoms with Gasteiger partial charge in [-0.2, -0.15) is 0 Å². The van der Waals surface area contributed by atoms with Gasteiger partial charge in [0.2, 0.25) is 5.91 Å². The summed E-state index contributed by atoms with van der Waals surface area (Å²) >= 11 is 0. The third-order valence-corrected chi connectivity index (χ3v) is 5.30. The molecular formula is C21H24N4O2. The fraction of sp³-hybridized carbons (Fsp3) is 0.333. The van der Waals surface area contributed by atoms with Crippen molar-refractivity contribution < 1.29 is 9.59 Å². The van der Waals surface area contributed by atoms with E-state index in [1.807, 2.05) is 82.0 Å². The monoisotopic (exact) mass is 364 g/mol. The maximum atomic E-state index is 13.0. The van der Waals surface area contributed by atoms with E-state index >= 15 is 0 Å². The highest BCUT2D eigenvalue weighted by Gasteiger charge is 2.26. The Balaban J connectivity index is 1.41. The van der Waals surface area contributed by atoms with Crippen molar-refractivity contribution in [2.75, 3.05) is 26.2 Å². The van der Waals surface area contributed by atoms with E-state index in [0.29, 0.717) is 32.6 Å². The van der Waals surface area contributed by atoms with Crippen LogP contribution in [0.25, 0.3) is 10.9 Å². The van der Waals surface area contributed by atoms with Crippen LogP contribution in [0.1, 0.15) is 15.9 Å². The lowest BCUT2D eigenvalue weighted by Gasteiger charge is -2.34. The van der Waals surface area contributed by atoms with Gasteiger partial charge < -0.3 is 18.9 Å². The normalized spacial score (nSPS) is 14.7. The molecular weight excluding hydrogens is 340 g/mol. The van der Waals surface area contributed by atoms with Crippen molar-refractivity contribution in [3.05, 3.63) is 60.0 Å². The van der Waals surface area contributed by atoms with Crippen molar-refractivity contribution in [3.8, 4) is 0 Å². The molecule has 0 aliphatic carbocycles. The van der Waals surface area contributed by atoms with Crippen LogP contribution in [0.15, 0.2) is 48.9 Å². The smallest absolute Gasteiger partial charge is 0.256 e. The Bertz CT molecular complexity index is 993. The molecule has 1 aliphatic heterocycles. The number of amides is 2. The van der Waals surface area contributed by atoms with Gasteiger partial charge >= 0.3 is 0 Å². The molecule has 1 saturated heterocycles. The molecule has 1 aromatic carbocycles. The Labute approximate surface area is 158 Å². The highest BCUT2D eigenvalue weighted by Crippen LogP contribution is 2.22. The van der Waals surface area contributed by atoms with E-state index in [1.165, 1.54) is 0 Å². The second kappa shape index (κ2) is 6.95. The number of aryl methyl sites for hydroxylation is 2. The first-order chi connectivity index (χ1) is 13.0. The van der Waals surface area contributed by atoms with E-state index in [0.717, 1.165) is 22.0 Å². The number of carbonyl (C=O) groups excluding carboxylic acids is 2. The summed E-state index contributed by atoms with van der Waals surface area (Å²) in [5.74, 6) is 0.167.